The molecule has 112 valence electrons. The van der Waals surface area contributed by atoms with E-state index in [1.807, 2.05) is 6.92 Å². The summed E-state index contributed by atoms with van der Waals surface area (Å²) >= 11 is 0. The fraction of sp³-hybridized carbons (Fsp3) is 0.857. The zero-order valence-electron chi connectivity index (χ0n) is 12.6. The highest BCUT2D eigenvalue weighted by Crippen LogP contribution is 2.11. The van der Waals surface area contributed by atoms with Crippen LogP contribution >= 0.6 is 0 Å². The van der Waals surface area contributed by atoms with E-state index in [4.69, 9.17) is 5.73 Å². The first-order chi connectivity index (χ1) is 8.94. The molecule has 2 N–H and O–H groups in total. The number of hydrogen-bond acceptors (Lipinski definition) is 4. The van der Waals surface area contributed by atoms with Crippen molar-refractivity contribution in [1.82, 2.24) is 4.90 Å². The van der Waals surface area contributed by atoms with E-state index >= 15 is 0 Å². The van der Waals surface area contributed by atoms with Crippen molar-refractivity contribution in [2.75, 3.05) is 26.7 Å². The summed E-state index contributed by atoms with van der Waals surface area (Å²) < 4.78 is 4.61. The Morgan fingerprint density at radius 1 is 1.32 bits per heavy atom. The molecule has 0 rings (SSSR count). The van der Waals surface area contributed by atoms with Gasteiger partial charge in [0.05, 0.1) is 13.5 Å². The lowest BCUT2D eigenvalue weighted by Gasteiger charge is -2.26. The molecular weight excluding hydrogens is 244 g/mol. The molecule has 0 heterocycles. The van der Waals surface area contributed by atoms with Gasteiger partial charge in [0.15, 0.2) is 0 Å². The Bertz CT molecular complexity index is 276. The molecule has 0 aromatic rings. The minimum absolute atomic E-state index is 0.0786. The van der Waals surface area contributed by atoms with E-state index in [0.717, 1.165) is 6.42 Å². The van der Waals surface area contributed by atoms with Crippen LogP contribution in [0.4, 0.5) is 0 Å². The van der Waals surface area contributed by atoms with Gasteiger partial charge in [-0.05, 0) is 18.4 Å². The molecule has 0 spiro atoms. The van der Waals surface area contributed by atoms with Crippen molar-refractivity contribution in [3.8, 4) is 0 Å². The molecule has 0 bridgehead atoms. The van der Waals surface area contributed by atoms with Gasteiger partial charge in [-0.3, -0.25) is 9.59 Å². The summed E-state index contributed by atoms with van der Waals surface area (Å²) in [6.07, 6.45) is 1.60. The number of rotatable bonds is 9. The summed E-state index contributed by atoms with van der Waals surface area (Å²) in [7, 11) is 1.36. The molecule has 0 radical (unpaired) electrons. The number of methoxy groups -OCH3 is 1. The van der Waals surface area contributed by atoms with E-state index in [9.17, 15) is 9.59 Å². The van der Waals surface area contributed by atoms with Gasteiger partial charge in [0.2, 0.25) is 5.91 Å². The first-order valence-electron chi connectivity index (χ1n) is 6.99. The Morgan fingerprint density at radius 3 is 2.37 bits per heavy atom. The van der Waals surface area contributed by atoms with Crippen LogP contribution < -0.4 is 5.73 Å². The van der Waals surface area contributed by atoms with Gasteiger partial charge in [-0.25, -0.2) is 0 Å². The topological polar surface area (TPSA) is 72.6 Å². The molecule has 5 nitrogen and oxygen atoms in total. The molecule has 19 heavy (non-hydrogen) atoms. The van der Waals surface area contributed by atoms with Crippen molar-refractivity contribution in [2.45, 2.75) is 40.0 Å². The number of hydrogen-bond donors (Lipinski definition) is 1. The van der Waals surface area contributed by atoms with Gasteiger partial charge in [0, 0.05) is 19.5 Å². The van der Waals surface area contributed by atoms with Crippen LogP contribution in [-0.2, 0) is 14.3 Å². The Morgan fingerprint density at radius 2 is 1.95 bits per heavy atom. The van der Waals surface area contributed by atoms with Crippen LogP contribution in [-0.4, -0.2) is 43.5 Å². The summed E-state index contributed by atoms with van der Waals surface area (Å²) in [5.74, 6) is 0.391. The van der Waals surface area contributed by atoms with Gasteiger partial charge in [0.25, 0.3) is 0 Å². The molecule has 0 aliphatic heterocycles. The zero-order chi connectivity index (χ0) is 14.8. The lowest BCUT2D eigenvalue weighted by Crippen LogP contribution is -2.37. The number of nitrogens with two attached hydrogens (primary N) is 1. The number of nitrogens with zero attached hydrogens (tertiary/aromatic N) is 1. The Labute approximate surface area is 116 Å². The Hall–Kier alpha value is -1.10. The number of esters is 1. The molecule has 5 heteroatoms. The van der Waals surface area contributed by atoms with Crippen LogP contribution in [0.3, 0.4) is 0 Å². The van der Waals surface area contributed by atoms with Crippen molar-refractivity contribution in [3.05, 3.63) is 0 Å². The fourth-order valence-electron chi connectivity index (χ4n) is 1.86. The second-order valence-electron chi connectivity index (χ2n) is 5.27. The summed E-state index contributed by atoms with van der Waals surface area (Å²) in [6.45, 7) is 7.75. The molecule has 0 saturated carbocycles. The standard InChI is InChI=1S/C14H28N2O3/c1-5-12(9-15)8-13(17)16(10-11(2)3)7-6-14(18)19-4/h11-12H,5-10,15H2,1-4H3. The molecule has 0 aromatic carbocycles. The normalized spacial score (nSPS) is 12.3. The van der Waals surface area contributed by atoms with E-state index in [1.54, 1.807) is 4.90 Å². The van der Waals surface area contributed by atoms with Gasteiger partial charge < -0.3 is 15.4 Å². The largest absolute Gasteiger partial charge is 0.469 e. The highest BCUT2D eigenvalue weighted by Gasteiger charge is 2.19. The Balaban J connectivity index is 4.46. The summed E-state index contributed by atoms with van der Waals surface area (Å²) in [5, 5.41) is 0. The molecular formula is C14H28N2O3. The second-order valence-corrected chi connectivity index (χ2v) is 5.27. The van der Waals surface area contributed by atoms with Crippen LogP contribution in [0.2, 0.25) is 0 Å². The highest BCUT2D eigenvalue weighted by molar-refractivity contribution is 5.77. The molecule has 0 fully saturated rings. The SMILES string of the molecule is CCC(CN)CC(=O)N(CCC(=O)OC)CC(C)C. The van der Waals surface area contributed by atoms with Gasteiger partial charge in [-0.1, -0.05) is 27.2 Å². The number of amides is 1. The fourth-order valence-corrected chi connectivity index (χ4v) is 1.86. The third-order valence-electron chi connectivity index (χ3n) is 3.13. The number of carbonyl (C=O) groups is 2. The maximum Gasteiger partial charge on any atom is 0.307 e. The van der Waals surface area contributed by atoms with Gasteiger partial charge in [-0.15, -0.1) is 0 Å². The molecule has 1 amide bonds. The van der Waals surface area contributed by atoms with Crippen molar-refractivity contribution in [3.63, 3.8) is 0 Å². The summed E-state index contributed by atoms with van der Waals surface area (Å²) in [6, 6.07) is 0. The average molecular weight is 272 g/mol. The monoisotopic (exact) mass is 272 g/mol. The van der Waals surface area contributed by atoms with E-state index in [0.29, 0.717) is 32.0 Å². The summed E-state index contributed by atoms with van der Waals surface area (Å²) in [5.41, 5.74) is 5.63. The Kier molecular flexibility index (Phi) is 9.21. The van der Waals surface area contributed by atoms with E-state index < -0.39 is 0 Å². The number of carbonyl (C=O) groups excluding carboxylic acids is 2. The van der Waals surface area contributed by atoms with Crippen molar-refractivity contribution in [2.24, 2.45) is 17.6 Å². The van der Waals surface area contributed by atoms with E-state index in [2.05, 4.69) is 18.6 Å². The maximum absolute atomic E-state index is 12.2. The van der Waals surface area contributed by atoms with Crippen LogP contribution in [0.5, 0.6) is 0 Å². The van der Waals surface area contributed by atoms with Crippen LogP contribution in [0, 0.1) is 11.8 Å². The second kappa shape index (κ2) is 9.78. The van der Waals surface area contributed by atoms with Crippen molar-refractivity contribution >= 4 is 11.9 Å². The van der Waals surface area contributed by atoms with E-state index in [-0.39, 0.29) is 24.2 Å². The predicted octanol–water partition coefficient (Wildman–Crippen LogP) is 1.41. The number of ether oxygens (including phenoxy) is 1. The van der Waals surface area contributed by atoms with Crippen molar-refractivity contribution < 1.29 is 14.3 Å². The molecule has 0 saturated heterocycles. The van der Waals surface area contributed by atoms with Crippen LogP contribution in [0.25, 0.3) is 0 Å². The van der Waals surface area contributed by atoms with Crippen molar-refractivity contribution in [1.29, 1.82) is 0 Å². The minimum Gasteiger partial charge on any atom is -0.469 e. The molecule has 0 aliphatic rings. The predicted molar refractivity (Wildman–Crippen MR) is 75.5 cm³/mol. The smallest absolute Gasteiger partial charge is 0.307 e. The molecule has 0 aromatic heterocycles. The van der Waals surface area contributed by atoms with Gasteiger partial charge in [0.1, 0.15) is 0 Å². The first kappa shape index (κ1) is 17.9. The summed E-state index contributed by atoms with van der Waals surface area (Å²) in [4.78, 5) is 25.2. The highest BCUT2D eigenvalue weighted by atomic mass is 16.5. The first-order valence-corrected chi connectivity index (χ1v) is 6.99. The van der Waals surface area contributed by atoms with Crippen LogP contribution in [0.15, 0.2) is 0 Å². The lowest BCUT2D eigenvalue weighted by atomic mass is 10.0. The third-order valence-corrected chi connectivity index (χ3v) is 3.13. The van der Waals surface area contributed by atoms with Gasteiger partial charge in [-0.2, -0.15) is 0 Å². The van der Waals surface area contributed by atoms with Gasteiger partial charge >= 0.3 is 5.97 Å². The minimum atomic E-state index is -0.285. The molecule has 1 unspecified atom stereocenters. The zero-order valence-corrected chi connectivity index (χ0v) is 12.6. The molecule has 0 aliphatic carbocycles. The average Bonchev–Trinajstić information content (AvgIpc) is 2.39. The third kappa shape index (κ3) is 7.82. The maximum atomic E-state index is 12.2. The molecule has 1 atom stereocenters. The van der Waals surface area contributed by atoms with E-state index in [1.165, 1.54) is 7.11 Å². The van der Waals surface area contributed by atoms with Crippen LogP contribution in [0.1, 0.15) is 40.0 Å². The lowest BCUT2D eigenvalue weighted by molar-refractivity contribution is -0.142. The quantitative estimate of drug-likeness (QED) is 0.644.